The van der Waals surface area contributed by atoms with Gasteiger partial charge in [-0.25, -0.2) is 0 Å². The third kappa shape index (κ3) is 4.00. The van der Waals surface area contributed by atoms with E-state index in [4.69, 9.17) is 0 Å². The second-order valence-corrected chi connectivity index (χ2v) is 11.1. The van der Waals surface area contributed by atoms with Crippen molar-refractivity contribution in [1.29, 1.82) is 0 Å². The molecule has 4 rings (SSSR count). The number of aryl methyl sites for hydroxylation is 2. The number of rotatable bonds is 3. The number of hydrogen-bond donors (Lipinski definition) is 0. The van der Waals surface area contributed by atoms with Crippen LogP contribution in [0.2, 0.25) is 0 Å². The molecule has 0 saturated carbocycles. The van der Waals surface area contributed by atoms with Gasteiger partial charge in [0.05, 0.1) is 0 Å². The van der Waals surface area contributed by atoms with Crippen LogP contribution in [0.4, 0.5) is 0 Å². The second-order valence-electron chi connectivity index (χ2n) is 7.49. The van der Waals surface area contributed by atoms with Crippen molar-refractivity contribution in [2.24, 2.45) is 0 Å². The summed E-state index contributed by atoms with van der Waals surface area (Å²) in [6, 6.07) is 11.3. The van der Waals surface area contributed by atoms with Gasteiger partial charge >= 0.3 is 163 Å². The molecular formula is C23H25Cl2NZr. The molecule has 0 fully saturated rings. The monoisotopic (exact) mass is 475 g/mol. The Morgan fingerprint density at radius 2 is 1.67 bits per heavy atom. The van der Waals surface area contributed by atoms with Gasteiger partial charge in [0.2, 0.25) is 0 Å². The van der Waals surface area contributed by atoms with E-state index in [1.807, 2.05) is 0 Å². The van der Waals surface area contributed by atoms with Crippen molar-refractivity contribution in [3.63, 3.8) is 0 Å². The third-order valence-corrected chi connectivity index (χ3v) is 10.2. The van der Waals surface area contributed by atoms with Crippen molar-refractivity contribution in [3.05, 3.63) is 78.9 Å². The summed E-state index contributed by atoms with van der Waals surface area (Å²) in [6.45, 7) is 11.4. The Morgan fingerprint density at radius 1 is 0.963 bits per heavy atom. The molecule has 27 heavy (non-hydrogen) atoms. The first-order chi connectivity index (χ1) is 12.0. The molecule has 140 valence electrons. The van der Waals surface area contributed by atoms with E-state index in [1.54, 1.807) is 25.6 Å². The van der Waals surface area contributed by atoms with E-state index in [2.05, 4.69) is 81.8 Å². The quantitative estimate of drug-likeness (QED) is 0.598. The Labute approximate surface area is 187 Å². The molecule has 1 heterocycles. The zero-order valence-electron chi connectivity index (χ0n) is 16.5. The van der Waals surface area contributed by atoms with Gasteiger partial charge in [0, 0.05) is 0 Å². The van der Waals surface area contributed by atoms with E-state index >= 15 is 0 Å². The van der Waals surface area contributed by atoms with Gasteiger partial charge in [0.15, 0.2) is 0 Å². The summed E-state index contributed by atoms with van der Waals surface area (Å²) in [5.41, 5.74) is 11.9. The molecule has 0 spiro atoms. The molecule has 4 heteroatoms. The molecule has 2 aromatic rings. The number of aromatic nitrogens is 1. The maximum atomic E-state index is 2.44. The van der Waals surface area contributed by atoms with Crippen molar-refractivity contribution in [3.8, 4) is 0 Å². The molecule has 0 bridgehead atoms. The molecule has 0 radical (unpaired) electrons. The molecule has 1 aromatic carbocycles. The Hall–Kier alpha value is -0.817. The van der Waals surface area contributed by atoms with Gasteiger partial charge in [0.25, 0.3) is 0 Å². The molecule has 0 amide bonds. The van der Waals surface area contributed by atoms with Crippen LogP contribution < -0.4 is 24.8 Å². The van der Waals surface area contributed by atoms with Crippen LogP contribution in [-0.4, -0.2) is 4.57 Å². The maximum Gasteiger partial charge on any atom is -1.00 e. The van der Waals surface area contributed by atoms with E-state index in [1.165, 1.54) is 28.9 Å². The molecule has 1 atom stereocenters. The van der Waals surface area contributed by atoms with Crippen molar-refractivity contribution < 1.29 is 48.0 Å². The average Bonchev–Trinajstić information content (AvgIpc) is 3.19. The van der Waals surface area contributed by atoms with Crippen LogP contribution in [0.5, 0.6) is 0 Å². The van der Waals surface area contributed by atoms with Gasteiger partial charge in [-0.05, 0) is 0 Å². The molecule has 1 unspecified atom stereocenters. The number of halogens is 2. The van der Waals surface area contributed by atoms with Gasteiger partial charge < -0.3 is 24.8 Å². The minimum Gasteiger partial charge on any atom is -1.00 e. The Kier molecular flexibility index (Phi) is 7.23. The summed E-state index contributed by atoms with van der Waals surface area (Å²) < 4.78 is 4.85. The normalized spacial score (nSPS) is 18.0. The number of hydrogen-bond acceptors (Lipinski definition) is 0. The Morgan fingerprint density at radius 3 is 2.26 bits per heavy atom. The van der Waals surface area contributed by atoms with E-state index in [0.717, 1.165) is 0 Å². The van der Waals surface area contributed by atoms with Crippen LogP contribution in [-0.2, 0) is 23.2 Å². The van der Waals surface area contributed by atoms with Crippen LogP contribution in [0, 0.1) is 13.8 Å². The molecule has 0 N–H and O–H groups in total. The maximum absolute atomic E-state index is 2.44. The van der Waals surface area contributed by atoms with E-state index in [0.29, 0.717) is 3.63 Å². The minimum atomic E-state index is -0.747. The molecular weight excluding hydrogens is 452 g/mol. The van der Waals surface area contributed by atoms with Crippen molar-refractivity contribution >= 4 is 11.8 Å². The van der Waals surface area contributed by atoms with Crippen molar-refractivity contribution in [1.82, 2.24) is 4.57 Å². The van der Waals surface area contributed by atoms with Gasteiger partial charge in [-0.3, -0.25) is 0 Å². The van der Waals surface area contributed by atoms with E-state index in [9.17, 15) is 0 Å². The van der Waals surface area contributed by atoms with E-state index in [-0.39, 0.29) is 24.8 Å². The Bertz CT molecular complexity index is 963. The van der Waals surface area contributed by atoms with Crippen LogP contribution in [0.1, 0.15) is 53.2 Å². The smallest absolute Gasteiger partial charge is 1.00 e. The van der Waals surface area contributed by atoms with Gasteiger partial charge in [-0.2, -0.15) is 0 Å². The fourth-order valence-corrected chi connectivity index (χ4v) is 8.79. The number of fused-ring (bicyclic) bond motifs is 1. The zero-order chi connectivity index (χ0) is 17.7. The van der Waals surface area contributed by atoms with Crippen LogP contribution in [0.25, 0.3) is 11.8 Å². The third-order valence-electron chi connectivity index (χ3n) is 5.75. The van der Waals surface area contributed by atoms with Crippen LogP contribution >= 0.6 is 0 Å². The number of allylic oxidation sites excluding steroid dienone is 5. The standard InChI is InChI=1S/C15H14N.C8H11.2ClH.Zr/c1-11-7-12(2)16(10-11)15-8-13-5-3-4-6-14(13)9-15;1-6-4-5-7(2)8(6)3;;;/h3-10H,1-2H3;4H2,1-3H3;2*1H;/q;;;;+2/p-2. The molecule has 1 aromatic heterocycles. The van der Waals surface area contributed by atoms with Gasteiger partial charge in [-0.1, -0.05) is 0 Å². The molecule has 0 aliphatic heterocycles. The SMILES string of the molecule is CC1=C(C)C(C)=[C]([Zr+2][CH]2C(n3cc(C)cc3C)=Cc3ccccc32)C1.[Cl-].[Cl-]. The second kappa shape index (κ2) is 8.68. The summed E-state index contributed by atoms with van der Waals surface area (Å²) in [4.78, 5) is 0. The van der Waals surface area contributed by atoms with Crippen molar-refractivity contribution in [2.75, 3.05) is 0 Å². The van der Waals surface area contributed by atoms with Crippen molar-refractivity contribution in [2.45, 2.75) is 44.7 Å². The number of nitrogens with zero attached hydrogens (tertiary/aromatic N) is 1. The first kappa shape index (κ1) is 22.5. The molecule has 0 saturated heterocycles. The fraction of sp³-hybridized carbons (Fsp3) is 0.304. The van der Waals surface area contributed by atoms with Crippen LogP contribution in [0.15, 0.2) is 56.5 Å². The fourth-order valence-electron chi connectivity index (χ4n) is 4.10. The molecule has 2 aliphatic rings. The summed E-state index contributed by atoms with van der Waals surface area (Å²) in [7, 11) is 0. The minimum absolute atomic E-state index is 0. The number of benzene rings is 1. The summed E-state index contributed by atoms with van der Waals surface area (Å²) >= 11 is -0.747. The molecule has 1 nitrogen and oxygen atoms in total. The molecule has 2 aliphatic carbocycles. The predicted molar refractivity (Wildman–Crippen MR) is 103 cm³/mol. The average molecular weight is 478 g/mol. The largest absolute Gasteiger partial charge is 1.00 e. The summed E-state index contributed by atoms with van der Waals surface area (Å²) in [5, 5.41) is 0. The summed E-state index contributed by atoms with van der Waals surface area (Å²) in [6.07, 6.45) is 5.97. The Balaban J connectivity index is 0.00000131. The van der Waals surface area contributed by atoms with Crippen LogP contribution in [0.3, 0.4) is 0 Å². The topological polar surface area (TPSA) is 4.93 Å². The zero-order valence-corrected chi connectivity index (χ0v) is 20.5. The summed E-state index contributed by atoms with van der Waals surface area (Å²) in [5.74, 6) is 0. The van der Waals surface area contributed by atoms with Gasteiger partial charge in [0.1, 0.15) is 0 Å². The van der Waals surface area contributed by atoms with E-state index < -0.39 is 23.2 Å². The first-order valence-electron chi connectivity index (χ1n) is 9.05. The van der Waals surface area contributed by atoms with Gasteiger partial charge in [-0.15, -0.1) is 0 Å². The first-order valence-corrected chi connectivity index (χ1v) is 11.7. The predicted octanol–water partition coefficient (Wildman–Crippen LogP) is 0.262.